The average molecular weight is 389 g/mol. The Labute approximate surface area is 171 Å². The molecular formula is C24H40N2O2. The van der Waals surface area contributed by atoms with Gasteiger partial charge in [-0.2, -0.15) is 0 Å². The highest BCUT2D eigenvalue weighted by Gasteiger charge is 2.32. The molecule has 0 saturated heterocycles. The van der Waals surface area contributed by atoms with Crippen molar-refractivity contribution in [2.75, 3.05) is 16.8 Å². The lowest BCUT2D eigenvalue weighted by Crippen LogP contribution is -2.40. The van der Waals surface area contributed by atoms with Crippen LogP contribution in [0.1, 0.15) is 89.8 Å². The van der Waals surface area contributed by atoms with Crippen LogP contribution in [0.2, 0.25) is 0 Å². The molecule has 1 heterocycles. The molecule has 0 spiro atoms. The van der Waals surface area contributed by atoms with Gasteiger partial charge < -0.3 is 15.3 Å². The van der Waals surface area contributed by atoms with Crippen molar-refractivity contribution in [1.29, 1.82) is 0 Å². The summed E-state index contributed by atoms with van der Waals surface area (Å²) in [7, 11) is 0. The highest BCUT2D eigenvalue weighted by atomic mass is 16.3. The summed E-state index contributed by atoms with van der Waals surface area (Å²) in [6, 6.07) is 0.437. The lowest BCUT2D eigenvalue weighted by molar-refractivity contribution is -0.123. The van der Waals surface area contributed by atoms with E-state index in [0.29, 0.717) is 11.8 Å². The van der Waals surface area contributed by atoms with Crippen LogP contribution in [0.4, 0.5) is 11.4 Å². The Balaban J connectivity index is 2.43. The van der Waals surface area contributed by atoms with Gasteiger partial charge in [-0.05, 0) is 51.2 Å². The summed E-state index contributed by atoms with van der Waals surface area (Å²) in [6.45, 7) is 15.2. The highest BCUT2D eigenvalue weighted by Crippen LogP contribution is 2.46. The Hall–Kier alpha value is -1.71. The number of nitrogens with zero attached hydrogens (tertiary/aromatic N) is 1. The van der Waals surface area contributed by atoms with Crippen LogP contribution < -0.4 is 10.2 Å². The number of benzene rings is 1. The summed E-state index contributed by atoms with van der Waals surface area (Å²) >= 11 is 0. The van der Waals surface area contributed by atoms with Crippen LogP contribution in [-0.2, 0) is 11.2 Å². The molecule has 1 aromatic rings. The molecule has 0 aromatic heterocycles. The van der Waals surface area contributed by atoms with Gasteiger partial charge in [0.05, 0.1) is 11.4 Å². The Morgan fingerprint density at radius 3 is 2.39 bits per heavy atom. The molecule has 1 aliphatic heterocycles. The maximum absolute atomic E-state index is 12.8. The summed E-state index contributed by atoms with van der Waals surface area (Å²) in [4.78, 5) is 15.3. The number of phenols is 1. The number of nitrogens with one attached hydrogen (secondary N) is 1. The number of aromatic hydroxyl groups is 1. The van der Waals surface area contributed by atoms with E-state index in [1.54, 1.807) is 0 Å². The largest absolute Gasteiger partial charge is 0.507 e. The number of rotatable bonds is 7. The first-order valence-electron chi connectivity index (χ1n) is 11.0. The van der Waals surface area contributed by atoms with Crippen molar-refractivity contribution in [2.45, 2.75) is 99.5 Å². The highest BCUT2D eigenvalue weighted by molar-refractivity contribution is 6.00. The lowest BCUT2D eigenvalue weighted by Gasteiger charge is -2.40. The normalized spacial score (nSPS) is 16.8. The van der Waals surface area contributed by atoms with E-state index < -0.39 is 5.41 Å². The molecule has 0 radical (unpaired) electrons. The molecule has 2 rings (SSSR count). The van der Waals surface area contributed by atoms with Crippen molar-refractivity contribution in [1.82, 2.24) is 0 Å². The smallest absolute Gasteiger partial charge is 0.229 e. The van der Waals surface area contributed by atoms with E-state index in [1.807, 2.05) is 34.6 Å². The van der Waals surface area contributed by atoms with Crippen molar-refractivity contribution in [2.24, 2.45) is 5.41 Å². The summed E-state index contributed by atoms with van der Waals surface area (Å²) in [5.74, 6) is 0.308. The molecule has 28 heavy (non-hydrogen) atoms. The van der Waals surface area contributed by atoms with Gasteiger partial charge in [0, 0.05) is 23.6 Å². The van der Waals surface area contributed by atoms with Gasteiger partial charge in [0.15, 0.2) is 0 Å². The molecule has 0 fully saturated rings. The number of fused-ring (bicyclic) bond motifs is 1. The molecule has 4 heteroatoms. The topological polar surface area (TPSA) is 52.6 Å². The van der Waals surface area contributed by atoms with E-state index in [2.05, 4.69) is 24.1 Å². The van der Waals surface area contributed by atoms with Crippen LogP contribution in [0.5, 0.6) is 5.75 Å². The zero-order chi connectivity index (χ0) is 21.1. The number of phenolic OH excluding ortho intramolecular Hbond substituents is 1. The van der Waals surface area contributed by atoms with Gasteiger partial charge in [0.2, 0.25) is 5.91 Å². The summed E-state index contributed by atoms with van der Waals surface area (Å²) in [5.41, 5.74) is 4.39. The molecule has 158 valence electrons. The predicted molar refractivity (Wildman–Crippen MR) is 120 cm³/mol. The van der Waals surface area contributed by atoms with Crippen molar-refractivity contribution in [3.63, 3.8) is 0 Å². The van der Waals surface area contributed by atoms with Crippen molar-refractivity contribution in [3.8, 4) is 5.75 Å². The third-order valence-electron chi connectivity index (χ3n) is 6.11. The molecule has 1 aliphatic rings. The van der Waals surface area contributed by atoms with Gasteiger partial charge in [-0.15, -0.1) is 0 Å². The molecule has 0 aliphatic carbocycles. The Bertz CT molecular complexity index is 704. The zero-order valence-corrected chi connectivity index (χ0v) is 19.0. The fourth-order valence-electron chi connectivity index (χ4n) is 4.07. The first kappa shape index (κ1) is 22.6. The third kappa shape index (κ3) is 4.82. The van der Waals surface area contributed by atoms with E-state index in [9.17, 15) is 9.90 Å². The van der Waals surface area contributed by atoms with Crippen LogP contribution >= 0.6 is 0 Å². The van der Waals surface area contributed by atoms with Gasteiger partial charge in [0.25, 0.3) is 0 Å². The number of anilines is 2. The van der Waals surface area contributed by atoms with Crippen molar-refractivity contribution in [3.05, 3.63) is 16.7 Å². The summed E-state index contributed by atoms with van der Waals surface area (Å²) < 4.78 is 0. The minimum atomic E-state index is -0.481. The summed E-state index contributed by atoms with van der Waals surface area (Å²) in [5, 5.41) is 13.9. The first-order valence-corrected chi connectivity index (χ1v) is 11.0. The first-order chi connectivity index (χ1) is 13.1. The molecular weight excluding hydrogens is 348 g/mol. The number of carbonyl (C=O) groups is 1. The number of hydrogen-bond acceptors (Lipinski definition) is 3. The lowest BCUT2D eigenvalue weighted by atomic mass is 9.88. The molecule has 1 unspecified atom stereocenters. The Morgan fingerprint density at radius 1 is 1.14 bits per heavy atom. The van der Waals surface area contributed by atoms with Crippen molar-refractivity contribution >= 4 is 17.3 Å². The van der Waals surface area contributed by atoms with Gasteiger partial charge in [-0.3, -0.25) is 4.79 Å². The number of amides is 1. The van der Waals surface area contributed by atoms with Gasteiger partial charge >= 0.3 is 0 Å². The van der Waals surface area contributed by atoms with E-state index in [-0.39, 0.29) is 5.91 Å². The second-order valence-corrected chi connectivity index (χ2v) is 9.50. The minimum Gasteiger partial charge on any atom is -0.507 e. The van der Waals surface area contributed by atoms with Gasteiger partial charge in [-0.1, -0.05) is 53.4 Å². The second-order valence-electron chi connectivity index (χ2n) is 9.50. The minimum absolute atomic E-state index is 0.0119. The molecule has 1 atom stereocenters. The SMILES string of the molecule is CCCCCCCN1c2c(c(C)c(O)c(C)c2NC(=O)C(C)(C)C)CCC1C. The van der Waals surface area contributed by atoms with Crippen LogP contribution in [-0.4, -0.2) is 23.6 Å². The third-order valence-corrected chi connectivity index (χ3v) is 6.11. The molecule has 1 amide bonds. The fourth-order valence-corrected chi connectivity index (χ4v) is 4.07. The standard InChI is InChI=1S/C24H40N2O2/c1-8-9-10-11-12-15-26-16(2)13-14-19-17(3)22(27)18(4)20(21(19)26)25-23(28)24(5,6)7/h16,27H,8-15H2,1-7H3,(H,25,28). The molecule has 0 saturated carbocycles. The summed E-state index contributed by atoms with van der Waals surface area (Å²) in [6.07, 6.45) is 8.27. The quantitative estimate of drug-likeness (QED) is 0.554. The van der Waals surface area contributed by atoms with Crippen LogP contribution in [0.3, 0.4) is 0 Å². The van der Waals surface area contributed by atoms with Gasteiger partial charge in [-0.25, -0.2) is 0 Å². The Morgan fingerprint density at radius 2 is 1.79 bits per heavy atom. The van der Waals surface area contributed by atoms with E-state index in [1.165, 1.54) is 31.2 Å². The maximum atomic E-state index is 12.8. The van der Waals surface area contributed by atoms with E-state index >= 15 is 0 Å². The predicted octanol–water partition coefficient (Wildman–Crippen LogP) is 6.11. The van der Waals surface area contributed by atoms with Crippen LogP contribution in [0.15, 0.2) is 0 Å². The van der Waals surface area contributed by atoms with E-state index in [4.69, 9.17) is 0 Å². The number of carbonyl (C=O) groups excluding carboxylic acids is 1. The second kappa shape index (κ2) is 9.19. The van der Waals surface area contributed by atoms with E-state index in [0.717, 1.165) is 48.3 Å². The average Bonchev–Trinajstić information content (AvgIpc) is 2.63. The van der Waals surface area contributed by atoms with Crippen LogP contribution in [0.25, 0.3) is 0 Å². The molecule has 0 bridgehead atoms. The number of unbranched alkanes of at least 4 members (excludes halogenated alkanes) is 4. The molecule has 1 aromatic carbocycles. The molecule has 4 nitrogen and oxygen atoms in total. The number of hydrogen-bond donors (Lipinski definition) is 2. The van der Waals surface area contributed by atoms with Gasteiger partial charge in [0.1, 0.15) is 5.75 Å². The maximum Gasteiger partial charge on any atom is 0.229 e. The zero-order valence-electron chi connectivity index (χ0n) is 19.0. The fraction of sp³-hybridized carbons (Fsp3) is 0.708. The van der Waals surface area contributed by atoms with Crippen LogP contribution in [0, 0.1) is 19.3 Å². The Kier molecular flexibility index (Phi) is 7.41. The van der Waals surface area contributed by atoms with Crippen molar-refractivity contribution < 1.29 is 9.90 Å². The molecule has 2 N–H and O–H groups in total. The monoisotopic (exact) mass is 388 g/mol.